The van der Waals surface area contributed by atoms with Gasteiger partial charge in [0.05, 0.1) is 21.2 Å². The van der Waals surface area contributed by atoms with Crippen LogP contribution < -0.4 is 0 Å². The average molecular weight is 401 g/mol. The lowest BCUT2D eigenvalue weighted by molar-refractivity contribution is 0.0424. The summed E-state index contributed by atoms with van der Waals surface area (Å²) in [4.78, 5) is 43.7. The Morgan fingerprint density at radius 1 is 0.577 bits per heavy atom. The fourth-order valence-corrected chi connectivity index (χ4v) is 2.74. The Labute approximate surface area is 153 Å². The molecule has 0 atom stereocenters. The maximum absolute atomic E-state index is 12.9. The Bertz CT molecular complexity index is 859. The van der Waals surface area contributed by atoms with Crippen molar-refractivity contribution in [2.24, 2.45) is 0 Å². The molecule has 2 aliphatic heterocycles. The zero-order valence-corrected chi connectivity index (χ0v) is 13.8. The Morgan fingerprint density at radius 2 is 0.885 bits per heavy atom. The maximum atomic E-state index is 12.9. The lowest BCUT2D eigenvalue weighted by atomic mass is 10.1. The van der Waals surface area contributed by atoms with E-state index in [4.69, 9.17) is 23.2 Å². The van der Waals surface area contributed by atoms with Crippen LogP contribution in [0.2, 0.25) is 10.0 Å². The van der Waals surface area contributed by atoms with Gasteiger partial charge in [-0.3, -0.25) is 0 Å². The van der Waals surface area contributed by atoms with Crippen LogP contribution in [0, 0.1) is 11.6 Å². The predicted molar refractivity (Wildman–Crippen MR) is 82.3 cm³/mol. The van der Waals surface area contributed by atoms with Gasteiger partial charge in [0.2, 0.25) is 0 Å². The summed E-state index contributed by atoms with van der Waals surface area (Å²) in [7, 11) is 0. The van der Waals surface area contributed by atoms with Crippen molar-refractivity contribution < 1.29 is 37.4 Å². The summed E-state index contributed by atoms with van der Waals surface area (Å²) in [5, 5.41) is 0.352. The molecule has 0 bridgehead atoms. The summed E-state index contributed by atoms with van der Waals surface area (Å²) >= 11 is 11.4. The number of cyclic esters (lactones) is 4. The fourth-order valence-electron chi connectivity index (χ4n) is 2.27. The molecular formula is C16H4Cl2F2O6. The van der Waals surface area contributed by atoms with E-state index in [1.165, 1.54) is 12.1 Å². The molecule has 4 rings (SSSR count). The van der Waals surface area contributed by atoms with Gasteiger partial charge < -0.3 is 9.47 Å². The van der Waals surface area contributed by atoms with Crippen molar-refractivity contribution in [3.05, 3.63) is 68.2 Å². The molecule has 0 aromatic heterocycles. The molecule has 0 N–H and O–H groups in total. The van der Waals surface area contributed by atoms with E-state index < -0.39 is 46.6 Å². The largest absolute Gasteiger partial charge is 0.386 e. The van der Waals surface area contributed by atoms with Gasteiger partial charge in [-0.25, -0.2) is 28.0 Å². The highest BCUT2D eigenvalue weighted by Gasteiger charge is 2.36. The molecule has 2 aliphatic rings. The summed E-state index contributed by atoms with van der Waals surface area (Å²) in [5.74, 6) is -5.67. The lowest BCUT2D eigenvalue weighted by Gasteiger charge is -1.96. The van der Waals surface area contributed by atoms with Crippen LogP contribution in [-0.2, 0) is 9.47 Å². The summed E-state index contributed by atoms with van der Waals surface area (Å²) in [6, 6.07) is 4.44. The van der Waals surface area contributed by atoms with Gasteiger partial charge in [0, 0.05) is 0 Å². The molecule has 0 unspecified atom stereocenters. The summed E-state index contributed by atoms with van der Waals surface area (Å²) < 4.78 is 34.1. The van der Waals surface area contributed by atoms with Crippen LogP contribution >= 0.6 is 23.2 Å². The van der Waals surface area contributed by atoms with Crippen molar-refractivity contribution in [2.75, 3.05) is 0 Å². The first-order chi connectivity index (χ1) is 12.2. The summed E-state index contributed by atoms with van der Waals surface area (Å²) in [5.41, 5.74) is -1.13. The van der Waals surface area contributed by atoms with Crippen LogP contribution in [0.15, 0.2) is 24.3 Å². The minimum Gasteiger partial charge on any atom is -0.386 e. The van der Waals surface area contributed by atoms with Crippen LogP contribution in [0.5, 0.6) is 0 Å². The Balaban J connectivity index is 0.000000151. The monoisotopic (exact) mass is 400 g/mol. The van der Waals surface area contributed by atoms with Gasteiger partial charge >= 0.3 is 23.9 Å². The first-order valence-electron chi connectivity index (χ1n) is 6.71. The smallest absolute Gasteiger partial charge is 0.350 e. The first-order valence-corrected chi connectivity index (χ1v) is 7.47. The number of ether oxygens (including phenoxy) is 2. The van der Waals surface area contributed by atoms with E-state index in [2.05, 4.69) is 9.47 Å². The average Bonchev–Trinajstić information content (AvgIpc) is 3.05. The standard InChI is InChI=1S/C8H2Cl2O3.C8H2F2O3/c2*9-3-1-2-4(10)6-5(3)7(11)13-8(6)12/h2*1-2H. The maximum Gasteiger partial charge on any atom is 0.350 e. The number of benzene rings is 2. The number of esters is 4. The topological polar surface area (TPSA) is 86.7 Å². The molecule has 0 spiro atoms. The number of carbonyl (C=O) groups is 4. The molecule has 26 heavy (non-hydrogen) atoms. The van der Waals surface area contributed by atoms with Crippen LogP contribution in [0.25, 0.3) is 0 Å². The molecule has 2 aromatic rings. The third-order valence-corrected chi connectivity index (χ3v) is 4.02. The SMILES string of the molecule is O=C1OC(=O)c2c(Cl)ccc(Cl)c21.O=C1OC(=O)c2c(F)ccc(F)c21. The molecule has 2 heterocycles. The molecule has 0 amide bonds. The number of halogens is 4. The lowest BCUT2D eigenvalue weighted by Crippen LogP contribution is -1.98. The van der Waals surface area contributed by atoms with E-state index in [0.29, 0.717) is 0 Å². The zero-order valence-electron chi connectivity index (χ0n) is 12.3. The van der Waals surface area contributed by atoms with Gasteiger partial charge in [0.15, 0.2) is 0 Å². The van der Waals surface area contributed by atoms with Crippen molar-refractivity contribution in [1.29, 1.82) is 0 Å². The van der Waals surface area contributed by atoms with Crippen molar-refractivity contribution in [3.8, 4) is 0 Å². The van der Waals surface area contributed by atoms with Crippen molar-refractivity contribution in [3.63, 3.8) is 0 Å². The molecule has 6 nitrogen and oxygen atoms in total. The minimum absolute atomic E-state index is 0.0548. The third kappa shape index (κ3) is 2.83. The quantitative estimate of drug-likeness (QED) is 0.496. The summed E-state index contributed by atoms with van der Waals surface area (Å²) in [6.07, 6.45) is 0. The Morgan fingerprint density at radius 3 is 1.23 bits per heavy atom. The number of rotatable bonds is 0. The Hall–Kier alpha value is -2.84. The van der Waals surface area contributed by atoms with Gasteiger partial charge in [-0.1, -0.05) is 23.2 Å². The number of hydrogen-bond acceptors (Lipinski definition) is 6. The highest BCUT2D eigenvalue weighted by molar-refractivity contribution is 6.40. The van der Waals surface area contributed by atoms with Crippen molar-refractivity contribution >= 4 is 47.1 Å². The molecule has 0 fully saturated rings. The van der Waals surface area contributed by atoms with Crippen LogP contribution in [0.1, 0.15) is 41.4 Å². The molecule has 132 valence electrons. The molecular weight excluding hydrogens is 397 g/mol. The van der Waals surface area contributed by atoms with Crippen LogP contribution in [0.3, 0.4) is 0 Å². The van der Waals surface area contributed by atoms with Crippen molar-refractivity contribution in [1.82, 2.24) is 0 Å². The van der Waals surface area contributed by atoms with Crippen LogP contribution in [0.4, 0.5) is 8.78 Å². The molecule has 0 saturated carbocycles. The second-order valence-corrected chi connectivity index (χ2v) is 5.73. The normalized spacial score (nSPS) is 14.3. The van der Waals surface area contributed by atoms with E-state index in [0.717, 1.165) is 12.1 Å². The van der Waals surface area contributed by atoms with E-state index >= 15 is 0 Å². The van der Waals surface area contributed by atoms with E-state index in [1.54, 1.807) is 0 Å². The van der Waals surface area contributed by atoms with Crippen molar-refractivity contribution in [2.45, 2.75) is 0 Å². The number of fused-ring (bicyclic) bond motifs is 2. The van der Waals surface area contributed by atoms with E-state index in [1.807, 2.05) is 0 Å². The molecule has 0 aliphatic carbocycles. The number of hydrogen-bond donors (Lipinski definition) is 0. The highest BCUT2D eigenvalue weighted by Crippen LogP contribution is 2.32. The molecule has 0 radical (unpaired) electrons. The first kappa shape index (κ1) is 18.0. The van der Waals surface area contributed by atoms with Gasteiger partial charge in [-0.15, -0.1) is 0 Å². The van der Waals surface area contributed by atoms with E-state index in [-0.39, 0.29) is 21.2 Å². The molecule has 10 heteroatoms. The third-order valence-electron chi connectivity index (χ3n) is 3.39. The molecule has 0 saturated heterocycles. The van der Waals surface area contributed by atoms with Gasteiger partial charge in [-0.2, -0.15) is 0 Å². The fraction of sp³-hybridized carbons (Fsp3) is 0. The molecule has 2 aromatic carbocycles. The van der Waals surface area contributed by atoms with Gasteiger partial charge in [-0.05, 0) is 24.3 Å². The zero-order chi connectivity index (χ0) is 19.2. The Kier molecular flexibility index (Phi) is 4.47. The minimum atomic E-state index is -1.14. The van der Waals surface area contributed by atoms with Crippen LogP contribution in [-0.4, -0.2) is 23.9 Å². The van der Waals surface area contributed by atoms with E-state index in [9.17, 15) is 28.0 Å². The second kappa shape index (κ2) is 6.47. The predicted octanol–water partition coefficient (Wildman–Crippen LogP) is 3.58. The summed E-state index contributed by atoms with van der Waals surface area (Å²) in [6.45, 7) is 0. The highest BCUT2D eigenvalue weighted by atomic mass is 35.5. The second-order valence-electron chi connectivity index (χ2n) is 4.91. The van der Waals surface area contributed by atoms with Gasteiger partial charge in [0.25, 0.3) is 0 Å². The van der Waals surface area contributed by atoms with Gasteiger partial charge in [0.1, 0.15) is 22.8 Å². The number of carbonyl (C=O) groups excluding carboxylic acids is 4.